The van der Waals surface area contributed by atoms with Crippen molar-refractivity contribution in [1.82, 2.24) is 0 Å². The molecule has 118 valence electrons. The van der Waals surface area contributed by atoms with Crippen LogP contribution in [0.5, 0.6) is 0 Å². The van der Waals surface area contributed by atoms with Gasteiger partial charge in [-0.1, -0.05) is 37.3 Å². The first kappa shape index (κ1) is 16.4. The van der Waals surface area contributed by atoms with E-state index in [9.17, 15) is 18.3 Å². The summed E-state index contributed by atoms with van der Waals surface area (Å²) in [6.45, 7) is 0.241. The van der Waals surface area contributed by atoms with Crippen LogP contribution in [0.3, 0.4) is 0 Å². The summed E-state index contributed by atoms with van der Waals surface area (Å²) >= 11 is 5.74. The molecule has 0 spiro atoms. The number of hydrogen-bond donors (Lipinski definition) is 2. The number of halogens is 4. The van der Waals surface area contributed by atoms with E-state index in [0.717, 1.165) is 37.8 Å². The Bertz CT molecular complexity index is 482. The summed E-state index contributed by atoms with van der Waals surface area (Å²) < 4.78 is 38.2. The second-order valence-electron chi connectivity index (χ2n) is 5.72. The maximum absolute atomic E-state index is 12.7. The average molecular weight is 322 g/mol. The molecule has 1 fully saturated rings. The molecular formula is C15H19ClF3NO. The smallest absolute Gasteiger partial charge is 0.388 e. The van der Waals surface area contributed by atoms with Crippen molar-refractivity contribution in [3.05, 3.63) is 28.8 Å². The zero-order valence-electron chi connectivity index (χ0n) is 11.6. The van der Waals surface area contributed by atoms with E-state index in [0.29, 0.717) is 12.8 Å². The first-order chi connectivity index (χ1) is 9.78. The number of anilines is 1. The van der Waals surface area contributed by atoms with Gasteiger partial charge >= 0.3 is 6.18 Å². The Labute approximate surface area is 127 Å². The van der Waals surface area contributed by atoms with Crippen LogP contribution in [0.2, 0.25) is 5.02 Å². The van der Waals surface area contributed by atoms with Crippen LogP contribution in [-0.2, 0) is 6.18 Å². The van der Waals surface area contributed by atoms with Gasteiger partial charge < -0.3 is 10.4 Å². The van der Waals surface area contributed by atoms with Crippen molar-refractivity contribution < 1.29 is 18.3 Å². The fraction of sp³-hybridized carbons (Fsp3) is 0.600. The van der Waals surface area contributed by atoms with E-state index >= 15 is 0 Å². The number of nitrogens with one attached hydrogen (secondary N) is 1. The predicted octanol–water partition coefficient (Wildman–Crippen LogP) is 4.86. The standard InChI is InChI=1S/C15H19ClF3NO/c16-12-7-11(15(17,18)19)8-13(9-12)20-10-14(21)5-3-1-2-4-6-14/h7-9,20-21H,1-6,10H2. The van der Waals surface area contributed by atoms with Gasteiger partial charge in [0.1, 0.15) is 0 Å². The van der Waals surface area contributed by atoms with Crippen molar-refractivity contribution in [3.63, 3.8) is 0 Å². The summed E-state index contributed by atoms with van der Waals surface area (Å²) in [6.07, 6.45) is 0.998. The van der Waals surface area contributed by atoms with Crippen molar-refractivity contribution in [3.8, 4) is 0 Å². The normalized spacial score (nSPS) is 19.1. The van der Waals surface area contributed by atoms with Gasteiger partial charge in [-0.15, -0.1) is 0 Å². The van der Waals surface area contributed by atoms with Gasteiger partial charge in [-0.3, -0.25) is 0 Å². The number of rotatable bonds is 3. The number of alkyl halides is 3. The molecule has 6 heteroatoms. The molecule has 0 aliphatic heterocycles. The molecule has 0 saturated heterocycles. The molecule has 2 nitrogen and oxygen atoms in total. The molecule has 0 aromatic heterocycles. The van der Waals surface area contributed by atoms with Gasteiger partial charge in [0.2, 0.25) is 0 Å². The third kappa shape index (κ3) is 4.78. The third-order valence-electron chi connectivity index (χ3n) is 3.88. The fourth-order valence-electron chi connectivity index (χ4n) is 2.69. The van der Waals surface area contributed by atoms with E-state index in [-0.39, 0.29) is 17.3 Å². The molecule has 0 unspecified atom stereocenters. The summed E-state index contributed by atoms with van der Waals surface area (Å²) in [5.41, 5.74) is -1.35. The SMILES string of the molecule is OC1(CNc2cc(Cl)cc(C(F)(F)F)c2)CCCCCC1. The minimum atomic E-state index is -4.43. The Morgan fingerprint density at radius 1 is 1.10 bits per heavy atom. The second kappa shape index (κ2) is 6.44. The minimum Gasteiger partial charge on any atom is -0.388 e. The zero-order chi connectivity index (χ0) is 15.5. The van der Waals surface area contributed by atoms with Gasteiger partial charge in [0.05, 0.1) is 11.2 Å². The molecule has 2 rings (SSSR count). The molecule has 2 N–H and O–H groups in total. The van der Waals surface area contributed by atoms with Gasteiger partial charge in [-0.25, -0.2) is 0 Å². The topological polar surface area (TPSA) is 32.3 Å². The molecule has 1 aliphatic rings. The fourth-order valence-corrected chi connectivity index (χ4v) is 2.92. The summed E-state index contributed by atoms with van der Waals surface area (Å²) in [5.74, 6) is 0. The summed E-state index contributed by atoms with van der Waals surface area (Å²) in [5, 5.41) is 13.4. The summed E-state index contributed by atoms with van der Waals surface area (Å²) in [7, 11) is 0. The highest BCUT2D eigenvalue weighted by Gasteiger charge is 2.32. The Morgan fingerprint density at radius 2 is 1.71 bits per heavy atom. The van der Waals surface area contributed by atoms with E-state index in [2.05, 4.69) is 5.32 Å². The highest BCUT2D eigenvalue weighted by molar-refractivity contribution is 6.30. The van der Waals surface area contributed by atoms with Crippen molar-refractivity contribution in [1.29, 1.82) is 0 Å². The Kier molecular flexibility index (Phi) is 5.04. The molecule has 1 saturated carbocycles. The Hall–Kier alpha value is -0.940. The van der Waals surface area contributed by atoms with Crippen LogP contribution < -0.4 is 5.32 Å². The van der Waals surface area contributed by atoms with Crippen LogP contribution >= 0.6 is 11.6 Å². The van der Waals surface area contributed by atoms with Gasteiger partial charge in [-0.05, 0) is 31.0 Å². The van der Waals surface area contributed by atoms with Crippen molar-refractivity contribution in [2.24, 2.45) is 0 Å². The van der Waals surface area contributed by atoms with Crippen molar-refractivity contribution in [2.45, 2.75) is 50.3 Å². The average Bonchev–Trinajstić information content (AvgIpc) is 2.60. The van der Waals surface area contributed by atoms with Crippen LogP contribution in [0, 0.1) is 0 Å². The quantitative estimate of drug-likeness (QED) is 0.779. The molecule has 0 heterocycles. The van der Waals surface area contributed by atoms with Gasteiger partial charge in [0.25, 0.3) is 0 Å². The maximum Gasteiger partial charge on any atom is 0.416 e. The molecule has 21 heavy (non-hydrogen) atoms. The summed E-state index contributed by atoms with van der Waals surface area (Å²) in [4.78, 5) is 0. The van der Waals surface area contributed by atoms with E-state index in [4.69, 9.17) is 11.6 Å². The number of hydrogen-bond acceptors (Lipinski definition) is 2. The van der Waals surface area contributed by atoms with E-state index in [1.165, 1.54) is 6.07 Å². The summed E-state index contributed by atoms with van der Waals surface area (Å²) in [6, 6.07) is 3.36. The van der Waals surface area contributed by atoms with Crippen LogP contribution in [0.4, 0.5) is 18.9 Å². The Morgan fingerprint density at radius 3 is 2.29 bits per heavy atom. The third-order valence-corrected chi connectivity index (χ3v) is 4.10. The predicted molar refractivity (Wildman–Crippen MR) is 77.6 cm³/mol. The second-order valence-corrected chi connectivity index (χ2v) is 6.15. The zero-order valence-corrected chi connectivity index (χ0v) is 12.4. The first-order valence-corrected chi connectivity index (χ1v) is 7.50. The molecular weight excluding hydrogens is 303 g/mol. The molecule has 0 bridgehead atoms. The first-order valence-electron chi connectivity index (χ1n) is 7.13. The number of aliphatic hydroxyl groups is 1. The molecule has 1 aromatic rings. The Balaban J connectivity index is 2.07. The molecule has 1 aromatic carbocycles. The van der Waals surface area contributed by atoms with Crippen LogP contribution in [0.25, 0.3) is 0 Å². The van der Waals surface area contributed by atoms with Crippen molar-refractivity contribution >= 4 is 17.3 Å². The molecule has 0 radical (unpaired) electrons. The van der Waals surface area contributed by atoms with Gasteiger partial charge in [0, 0.05) is 17.3 Å². The maximum atomic E-state index is 12.7. The van der Waals surface area contributed by atoms with E-state index in [1.807, 2.05) is 0 Å². The highest BCUT2D eigenvalue weighted by Crippen LogP contribution is 2.34. The van der Waals surface area contributed by atoms with Crippen LogP contribution in [0.1, 0.15) is 44.1 Å². The van der Waals surface area contributed by atoms with E-state index < -0.39 is 17.3 Å². The van der Waals surface area contributed by atoms with Gasteiger partial charge in [-0.2, -0.15) is 13.2 Å². The lowest BCUT2D eigenvalue weighted by molar-refractivity contribution is -0.137. The lowest BCUT2D eigenvalue weighted by Crippen LogP contribution is -2.36. The van der Waals surface area contributed by atoms with E-state index in [1.54, 1.807) is 0 Å². The van der Waals surface area contributed by atoms with Crippen LogP contribution in [-0.4, -0.2) is 17.3 Å². The van der Waals surface area contributed by atoms with Gasteiger partial charge in [0.15, 0.2) is 0 Å². The monoisotopic (exact) mass is 321 g/mol. The molecule has 0 amide bonds. The van der Waals surface area contributed by atoms with Crippen LogP contribution in [0.15, 0.2) is 18.2 Å². The molecule has 0 atom stereocenters. The number of benzene rings is 1. The van der Waals surface area contributed by atoms with Crippen molar-refractivity contribution in [2.75, 3.05) is 11.9 Å². The molecule has 1 aliphatic carbocycles. The highest BCUT2D eigenvalue weighted by atomic mass is 35.5. The lowest BCUT2D eigenvalue weighted by Gasteiger charge is -2.27. The lowest BCUT2D eigenvalue weighted by atomic mass is 9.94. The minimum absolute atomic E-state index is 0.0279. The largest absolute Gasteiger partial charge is 0.416 e.